The minimum atomic E-state index is 0. The van der Waals surface area contributed by atoms with Crippen LogP contribution in [0.3, 0.4) is 0 Å². The molecule has 0 unspecified atom stereocenters. The Balaban J connectivity index is 0.00000280. The predicted octanol–water partition coefficient (Wildman–Crippen LogP) is 3.22. The van der Waals surface area contributed by atoms with Gasteiger partial charge in [0.05, 0.1) is 7.11 Å². The van der Waals surface area contributed by atoms with Crippen molar-refractivity contribution in [3.8, 4) is 11.5 Å². The highest BCUT2D eigenvalue weighted by molar-refractivity contribution is 14.0. The zero-order valence-electron chi connectivity index (χ0n) is 16.7. The SMILES string of the molecule is CN=C(NCc1cc(OC)ccc1O)N1CCN(c2cccc(C)c2)CC1.I. The summed E-state index contributed by atoms with van der Waals surface area (Å²) >= 11 is 0. The number of benzene rings is 2. The Bertz CT molecular complexity index is 805. The first kappa shape index (κ1) is 22.1. The van der Waals surface area contributed by atoms with Crippen LogP contribution in [0.25, 0.3) is 0 Å². The van der Waals surface area contributed by atoms with Crippen LogP contribution in [-0.4, -0.2) is 56.3 Å². The fraction of sp³-hybridized carbons (Fsp3) is 0.381. The number of piperazine rings is 1. The number of phenolic OH excluding ortho intramolecular Hbond substituents is 1. The summed E-state index contributed by atoms with van der Waals surface area (Å²) < 4.78 is 5.24. The van der Waals surface area contributed by atoms with Gasteiger partial charge in [-0.1, -0.05) is 12.1 Å². The average Bonchev–Trinajstić information content (AvgIpc) is 2.70. The van der Waals surface area contributed by atoms with Gasteiger partial charge in [0, 0.05) is 51.0 Å². The van der Waals surface area contributed by atoms with E-state index in [1.54, 1.807) is 26.3 Å². The summed E-state index contributed by atoms with van der Waals surface area (Å²) in [6.45, 7) is 6.33. The van der Waals surface area contributed by atoms with Gasteiger partial charge >= 0.3 is 0 Å². The van der Waals surface area contributed by atoms with Crippen LogP contribution in [0.15, 0.2) is 47.5 Å². The van der Waals surface area contributed by atoms with Crippen molar-refractivity contribution >= 4 is 35.6 Å². The summed E-state index contributed by atoms with van der Waals surface area (Å²) in [5.41, 5.74) is 3.35. The molecule has 1 aliphatic rings. The Kier molecular flexibility index (Phi) is 8.22. The van der Waals surface area contributed by atoms with Crippen molar-refractivity contribution in [2.75, 3.05) is 45.2 Å². The van der Waals surface area contributed by atoms with Crippen molar-refractivity contribution in [3.63, 3.8) is 0 Å². The summed E-state index contributed by atoms with van der Waals surface area (Å²) in [4.78, 5) is 9.07. The second-order valence-corrected chi connectivity index (χ2v) is 6.71. The summed E-state index contributed by atoms with van der Waals surface area (Å²) in [6.07, 6.45) is 0. The summed E-state index contributed by atoms with van der Waals surface area (Å²) in [6, 6.07) is 13.9. The smallest absolute Gasteiger partial charge is 0.194 e. The Labute approximate surface area is 184 Å². The normalized spacial score (nSPS) is 14.5. The Morgan fingerprint density at radius 1 is 1.14 bits per heavy atom. The molecule has 0 saturated carbocycles. The second-order valence-electron chi connectivity index (χ2n) is 6.71. The van der Waals surface area contributed by atoms with Gasteiger partial charge < -0.3 is 25.0 Å². The standard InChI is InChI=1S/C21H28N4O2.HI/c1-16-5-4-6-18(13-16)24-9-11-25(12-10-24)21(22-2)23-15-17-14-19(27-3)7-8-20(17)26;/h4-8,13-14,26H,9-12,15H2,1-3H3,(H,22,23);1H. The van der Waals surface area contributed by atoms with Gasteiger partial charge in [-0.2, -0.15) is 0 Å². The van der Waals surface area contributed by atoms with Gasteiger partial charge in [0.1, 0.15) is 11.5 Å². The van der Waals surface area contributed by atoms with E-state index in [0.29, 0.717) is 6.54 Å². The minimum Gasteiger partial charge on any atom is -0.508 e. The number of ether oxygens (including phenoxy) is 1. The monoisotopic (exact) mass is 496 g/mol. The summed E-state index contributed by atoms with van der Waals surface area (Å²) in [5, 5.41) is 13.4. The molecule has 28 heavy (non-hydrogen) atoms. The van der Waals surface area contributed by atoms with Gasteiger partial charge in [0.15, 0.2) is 5.96 Å². The molecule has 0 radical (unpaired) electrons. The van der Waals surface area contributed by atoms with Gasteiger partial charge in [-0.15, -0.1) is 24.0 Å². The largest absolute Gasteiger partial charge is 0.508 e. The molecule has 2 N–H and O–H groups in total. The zero-order valence-corrected chi connectivity index (χ0v) is 19.0. The van der Waals surface area contributed by atoms with Gasteiger partial charge in [-0.05, 0) is 42.8 Å². The third-order valence-corrected chi connectivity index (χ3v) is 4.88. The second kappa shape index (κ2) is 10.4. The molecule has 2 aromatic carbocycles. The quantitative estimate of drug-likeness (QED) is 0.387. The molecular weight excluding hydrogens is 467 g/mol. The maximum absolute atomic E-state index is 10.1. The lowest BCUT2D eigenvalue weighted by atomic mass is 10.2. The highest BCUT2D eigenvalue weighted by atomic mass is 127. The third kappa shape index (κ3) is 5.43. The Hall–Kier alpha value is -2.16. The number of nitrogens with zero attached hydrogens (tertiary/aromatic N) is 3. The van der Waals surface area contributed by atoms with Crippen LogP contribution >= 0.6 is 24.0 Å². The molecule has 1 fully saturated rings. The van der Waals surface area contributed by atoms with Crippen molar-refractivity contribution in [1.29, 1.82) is 0 Å². The van der Waals surface area contributed by atoms with Crippen molar-refractivity contribution in [2.45, 2.75) is 13.5 Å². The fourth-order valence-corrected chi connectivity index (χ4v) is 3.34. The molecule has 152 valence electrons. The molecule has 2 aromatic rings. The lowest BCUT2D eigenvalue weighted by molar-refractivity contribution is 0.371. The minimum absolute atomic E-state index is 0. The molecule has 0 aliphatic carbocycles. The molecule has 6 nitrogen and oxygen atoms in total. The number of hydrogen-bond donors (Lipinski definition) is 2. The predicted molar refractivity (Wildman–Crippen MR) is 125 cm³/mol. The first-order valence-electron chi connectivity index (χ1n) is 9.24. The highest BCUT2D eigenvalue weighted by Gasteiger charge is 2.20. The van der Waals surface area contributed by atoms with Crippen LogP contribution < -0.4 is 15.0 Å². The van der Waals surface area contributed by atoms with Crippen molar-refractivity contribution < 1.29 is 9.84 Å². The van der Waals surface area contributed by atoms with E-state index in [2.05, 4.69) is 51.3 Å². The fourth-order valence-electron chi connectivity index (χ4n) is 3.34. The van der Waals surface area contributed by atoms with Crippen LogP contribution in [0.4, 0.5) is 5.69 Å². The first-order valence-corrected chi connectivity index (χ1v) is 9.24. The molecular formula is C21H29IN4O2. The first-order chi connectivity index (χ1) is 13.1. The third-order valence-electron chi connectivity index (χ3n) is 4.88. The number of nitrogens with one attached hydrogen (secondary N) is 1. The van der Waals surface area contributed by atoms with Crippen LogP contribution in [0.1, 0.15) is 11.1 Å². The Morgan fingerprint density at radius 3 is 2.54 bits per heavy atom. The van der Waals surface area contributed by atoms with Crippen LogP contribution in [0.2, 0.25) is 0 Å². The Morgan fingerprint density at radius 2 is 1.89 bits per heavy atom. The molecule has 1 heterocycles. The maximum atomic E-state index is 10.1. The summed E-state index contributed by atoms with van der Waals surface area (Å²) in [5.74, 6) is 1.83. The molecule has 0 aromatic heterocycles. The van der Waals surface area contributed by atoms with Gasteiger partial charge in [-0.25, -0.2) is 0 Å². The van der Waals surface area contributed by atoms with Gasteiger partial charge in [0.25, 0.3) is 0 Å². The van der Waals surface area contributed by atoms with E-state index in [1.807, 2.05) is 6.07 Å². The molecule has 0 spiro atoms. The van der Waals surface area contributed by atoms with Crippen LogP contribution in [0.5, 0.6) is 11.5 Å². The van der Waals surface area contributed by atoms with Crippen LogP contribution in [0, 0.1) is 6.92 Å². The number of anilines is 1. The van der Waals surface area contributed by atoms with E-state index in [9.17, 15) is 5.11 Å². The number of rotatable bonds is 4. The van der Waals surface area contributed by atoms with E-state index in [-0.39, 0.29) is 29.7 Å². The van der Waals surface area contributed by atoms with E-state index in [0.717, 1.165) is 43.5 Å². The number of aliphatic imine (C=N–C) groups is 1. The zero-order chi connectivity index (χ0) is 19.2. The van der Waals surface area contributed by atoms with E-state index in [1.165, 1.54) is 11.3 Å². The molecule has 3 rings (SSSR count). The van der Waals surface area contributed by atoms with Gasteiger partial charge in [-0.3, -0.25) is 4.99 Å². The maximum Gasteiger partial charge on any atom is 0.194 e. The molecule has 1 aliphatic heterocycles. The lowest BCUT2D eigenvalue weighted by Crippen LogP contribution is -2.52. The highest BCUT2D eigenvalue weighted by Crippen LogP contribution is 2.23. The number of aryl methyl sites for hydroxylation is 1. The summed E-state index contributed by atoms with van der Waals surface area (Å²) in [7, 11) is 3.41. The molecule has 0 atom stereocenters. The lowest BCUT2D eigenvalue weighted by Gasteiger charge is -2.37. The van der Waals surface area contributed by atoms with Crippen LogP contribution in [-0.2, 0) is 6.54 Å². The van der Waals surface area contributed by atoms with Crippen molar-refractivity contribution in [2.24, 2.45) is 4.99 Å². The number of aromatic hydroxyl groups is 1. The van der Waals surface area contributed by atoms with Crippen molar-refractivity contribution in [3.05, 3.63) is 53.6 Å². The topological polar surface area (TPSA) is 60.3 Å². The number of phenols is 1. The van der Waals surface area contributed by atoms with E-state index < -0.39 is 0 Å². The molecule has 0 amide bonds. The molecule has 1 saturated heterocycles. The van der Waals surface area contributed by atoms with E-state index >= 15 is 0 Å². The number of guanidine groups is 1. The average molecular weight is 496 g/mol. The number of hydrogen-bond acceptors (Lipinski definition) is 4. The number of halogens is 1. The number of methoxy groups -OCH3 is 1. The van der Waals surface area contributed by atoms with Gasteiger partial charge in [0.2, 0.25) is 0 Å². The van der Waals surface area contributed by atoms with E-state index in [4.69, 9.17) is 4.74 Å². The van der Waals surface area contributed by atoms with Crippen molar-refractivity contribution in [1.82, 2.24) is 10.2 Å². The molecule has 7 heteroatoms. The molecule has 0 bridgehead atoms.